The summed E-state index contributed by atoms with van der Waals surface area (Å²) in [4.78, 5) is 12.2. The molecule has 0 aliphatic carbocycles. The molecule has 5 nitrogen and oxygen atoms in total. The van der Waals surface area contributed by atoms with Crippen LogP contribution in [-0.4, -0.2) is 33.2 Å². The van der Waals surface area contributed by atoms with E-state index in [2.05, 4.69) is 5.32 Å². The van der Waals surface area contributed by atoms with Crippen molar-refractivity contribution in [3.63, 3.8) is 0 Å². The number of hydrogen-bond acceptors (Lipinski definition) is 3. The highest BCUT2D eigenvalue weighted by Gasteiger charge is 2.25. The standard InChI is InChI=1S/C19H21FN2O3S/c20-18-6-2-1-5-15(18)11-12-21-19(23)16-7-9-17(10-8-16)22-13-3-4-14-26(22,24)25/h1-2,5-10H,3-4,11-14H2,(H,21,23). The van der Waals surface area contributed by atoms with Gasteiger partial charge in [0.15, 0.2) is 0 Å². The summed E-state index contributed by atoms with van der Waals surface area (Å²) in [5.41, 5.74) is 1.57. The van der Waals surface area contributed by atoms with Crippen LogP contribution in [0.2, 0.25) is 0 Å². The number of carbonyl (C=O) groups excluding carboxylic acids is 1. The first-order valence-corrected chi connectivity index (χ1v) is 10.2. The third-order valence-corrected chi connectivity index (χ3v) is 6.27. The van der Waals surface area contributed by atoms with Gasteiger partial charge in [0.2, 0.25) is 10.0 Å². The molecule has 0 bridgehead atoms. The van der Waals surface area contributed by atoms with Gasteiger partial charge in [-0.05, 0) is 55.2 Å². The molecule has 138 valence electrons. The molecule has 1 aliphatic rings. The molecule has 1 aliphatic heterocycles. The molecule has 1 fully saturated rings. The van der Waals surface area contributed by atoms with Gasteiger partial charge in [0.1, 0.15) is 5.82 Å². The van der Waals surface area contributed by atoms with Crippen molar-refractivity contribution in [1.82, 2.24) is 5.32 Å². The van der Waals surface area contributed by atoms with Crippen molar-refractivity contribution in [2.45, 2.75) is 19.3 Å². The fraction of sp³-hybridized carbons (Fsp3) is 0.316. The number of anilines is 1. The summed E-state index contributed by atoms with van der Waals surface area (Å²) in [6.45, 7) is 0.790. The van der Waals surface area contributed by atoms with Gasteiger partial charge in [0.25, 0.3) is 5.91 Å². The number of carbonyl (C=O) groups is 1. The second-order valence-corrected chi connectivity index (χ2v) is 8.25. The number of sulfonamides is 1. The average molecular weight is 376 g/mol. The Hall–Kier alpha value is -2.41. The van der Waals surface area contributed by atoms with E-state index in [0.29, 0.717) is 42.7 Å². The number of benzene rings is 2. The van der Waals surface area contributed by atoms with E-state index in [0.717, 1.165) is 6.42 Å². The third-order valence-electron chi connectivity index (χ3n) is 4.40. The molecule has 1 saturated heterocycles. The van der Waals surface area contributed by atoms with Crippen molar-refractivity contribution in [2.24, 2.45) is 0 Å². The van der Waals surface area contributed by atoms with Crippen molar-refractivity contribution < 1.29 is 17.6 Å². The first-order valence-electron chi connectivity index (χ1n) is 8.59. The summed E-state index contributed by atoms with van der Waals surface area (Å²) in [6.07, 6.45) is 1.92. The van der Waals surface area contributed by atoms with Crippen LogP contribution in [0.25, 0.3) is 0 Å². The predicted octanol–water partition coefficient (Wildman–Crippen LogP) is 2.73. The molecule has 3 rings (SSSR count). The molecule has 0 aromatic heterocycles. The molecule has 0 saturated carbocycles. The van der Waals surface area contributed by atoms with Crippen molar-refractivity contribution in [3.05, 3.63) is 65.5 Å². The van der Waals surface area contributed by atoms with E-state index in [1.807, 2.05) is 0 Å². The lowest BCUT2D eigenvalue weighted by Gasteiger charge is -2.28. The van der Waals surface area contributed by atoms with E-state index < -0.39 is 10.0 Å². The number of nitrogens with one attached hydrogen (secondary N) is 1. The number of rotatable bonds is 5. The van der Waals surface area contributed by atoms with Crippen molar-refractivity contribution in [2.75, 3.05) is 23.1 Å². The van der Waals surface area contributed by atoms with Gasteiger partial charge in [-0.3, -0.25) is 9.10 Å². The topological polar surface area (TPSA) is 66.5 Å². The zero-order valence-corrected chi connectivity index (χ0v) is 15.1. The van der Waals surface area contributed by atoms with Crippen LogP contribution in [0.3, 0.4) is 0 Å². The van der Waals surface area contributed by atoms with Crippen LogP contribution >= 0.6 is 0 Å². The number of amides is 1. The molecular formula is C19H21FN2O3S. The number of halogens is 1. The Morgan fingerprint density at radius 1 is 1.08 bits per heavy atom. The van der Waals surface area contributed by atoms with Crippen LogP contribution in [0.1, 0.15) is 28.8 Å². The summed E-state index contributed by atoms with van der Waals surface area (Å²) in [5, 5.41) is 2.75. The van der Waals surface area contributed by atoms with E-state index in [1.54, 1.807) is 42.5 Å². The van der Waals surface area contributed by atoms with Gasteiger partial charge in [0, 0.05) is 18.7 Å². The molecule has 2 aromatic rings. The number of hydrogen-bond donors (Lipinski definition) is 1. The smallest absolute Gasteiger partial charge is 0.251 e. The van der Waals surface area contributed by atoms with Gasteiger partial charge in [-0.1, -0.05) is 18.2 Å². The van der Waals surface area contributed by atoms with Gasteiger partial charge >= 0.3 is 0 Å². The van der Waals surface area contributed by atoms with Crippen molar-refractivity contribution in [3.8, 4) is 0 Å². The second-order valence-electron chi connectivity index (χ2n) is 6.24. The molecular weight excluding hydrogens is 355 g/mol. The van der Waals surface area contributed by atoms with Crippen LogP contribution in [0, 0.1) is 5.82 Å². The molecule has 0 unspecified atom stereocenters. The lowest BCUT2D eigenvalue weighted by molar-refractivity contribution is 0.0954. The maximum absolute atomic E-state index is 13.6. The van der Waals surface area contributed by atoms with Gasteiger partial charge in [-0.2, -0.15) is 0 Å². The Morgan fingerprint density at radius 2 is 1.81 bits per heavy atom. The van der Waals surface area contributed by atoms with Crippen molar-refractivity contribution >= 4 is 21.6 Å². The Bertz CT molecular complexity index is 882. The SMILES string of the molecule is O=C(NCCc1ccccc1F)c1ccc(N2CCCCS2(=O)=O)cc1. The van der Waals surface area contributed by atoms with Crippen LogP contribution in [0.4, 0.5) is 10.1 Å². The van der Waals surface area contributed by atoms with Gasteiger partial charge in [-0.25, -0.2) is 12.8 Å². The minimum absolute atomic E-state index is 0.158. The highest BCUT2D eigenvalue weighted by Crippen LogP contribution is 2.23. The van der Waals surface area contributed by atoms with Gasteiger partial charge in [-0.15, -0.1) is 0 Å². The normalized spacial score (nSPS) is 16.3. The minimum atomic E-state index is -3.26. The fourth-order valence-electron chi connectivity index (χ4n) is 2.97. The summed E-state index contributed by atoms with van der Waals surface area (Å²) in [7, 11) is -3.26. The molecule has 0 atom stereocenters. The second kappa shape index (κ2) is 7.86. The number of nitrogens with zero attached hydrogens (tertiary/aromatic N) is 1. The van der Waals surface area contributed by atoms with E-state index in [1.165, 1.54) is 10.4 Å². The highest BCUT2D eigenvalue weighted by molar-refractivity contribution is 7.92. The minimum Gasteiger partial charge on any atom is -0.352 e. The Morgan fingerprint density at radius 3 is 2.50 bits per heavy atom. The summed E-state index contributed by atoms with van der Waals surface area (Å²) >= 11 is 0. The summed E-state index contributed by atoms with van der Waals surface area (Å²) < 4.78 is 39.2. The molecule has 26 heavy (non-hydrogen) atoms. The van der Waals surface area contributed by atoms with Crippen LogP contribution in [0.15, 0.2) is 48.5 Å². The van der Waals surface area contributed by atoms with Gasteiger partial charge in [0.05, 0.1) is 11.4 Å². The molecule has 0 spiro atoms. The van der Waals surface area contributed by atoms with E-state index in [4.69, 9.17) is 0 Å². The predicted molar refractivity (Wildman–Crippen MR) is 99.2 cm³/mol. The van der Waals surface area contributed by atoms with Crippen LogP contribution in [0.5, 0.6) is 0 Å². The zero-order chi connectivity index (χ0) is 18.6. The Kier molecular flexibility index (Phi) is 5.56. The maximum Gasteiger partial charge on any atom is 0.251 e. The highest BCUT2D eigenvalue weighted by atomic mass is 32.2. The lowest BCUT2D eigenvalue weighted by atomic mass is 10.1. The quantitative estimate of drug-likeness (QED) is 0.873. The summed E-state index contributed by atoms with van der Waals surface area (Å²) in [6, 6.07) is 13.0. The molecule has 2 aromatic carbocycles. The average Bonchev–Trinajstić information content (AvgIpc) is 2.63. The zero-order valence-electron chi connectivity index (χ0n) is 14.3. The monoisotopic (exact) mass is 376 g/mol. The van der Waals surface area contributed by atoms with E-state index in [-0.39, 0.29) is 17.5 Å². The van der Waals surface area contributed by atoms with Gasteiger partial charge < -0.3 is 5.32 Å². The third kappa shape index (κ3) is 4.22. The Balaban J connectivity index is 1.59. The molecule has 1 amide bonds. The first kappa shape index (κ1) is 18.4. The van der Waals surface area contributed by atoms with E-state index >= 15 is 0 Å². The van der Waals surface area contributed by atoms with Crippen LogP contribution < -0.4 is 9.62 Å². The molecule has 0 radical (unpaired) electrons. The van der Waals surface area contributed by atoms with Crippen molar-refractivity contribution in [1.29, 1.82) is 0 Å². The largest absolute Gasteiger partial charge is 0.352 e. The maximum atomic E-state index is 13.6. The van der Waals surface area contributed by atoms with Crippen LogP contribution in [-0.2, 0) is 16.4 Å². The summed E-state index contributed by atoms with van der Waals surface area (Å²) in [5.74, 6) is -0.395. The molecule has 1 heterocycles. The first-order chi connectivity index (χ1) is 12.5. The molecule has 7 heteroatoms. The fourth-order valence-corrected chi connectivity index (χ4v) is 4.61. The molecule has 1 N–H and O–H groups in total. The lowest BCUT2D eigenvalue weighted by Crippen LogP contribution is -2.37. The Labute approximate surface area is 152 Å². The van der Waals surface area contributed by atoms with E-state index in [9.17, 15) is 17.6 Å².